The van der Waals surface area contributed by atoms with Gasteiger partial charge in [0.25, 0.3) is 0 Å². The number of carbonyl (C=O) groups is 2. The Morgan fingerprint density at radius 1 is 1.11 bits per heavy atom. The first-order valence-electron chi connectivity index (χ1n) is 8.89. The second kappa shape index (κ2) is 7.82. The van der Waals surface area contributed by atoms with E-state index in [2.05, 4.69) is 6.58 Å². The molecular formula is C22H26O5. The average molecular weight is 370 g/mol. The van der Waals surface area contributed by atoms with E-state index in [1.807, 2.05) is 45.9 Å². The van der Waals surface area contributed by atoms with Gasteiger partial charge in [-0.25, -0.2) is 9.59 Å². The number of aromatic carboxylic acids is 1. The van der Waals surface area contributed by atoms with E-state index in [1.54, 1.807) is 18.2 Å². The molecule has 2 aromatic rings. The fraction of sp³-hybridized carbons (Fsp3) is 0.364. The summed E-state index contributed by atoms with van der Waals surface area (Å²) in [7, 11) is 0. The van der Waals surface area contributed by atoms with E-state index in [-0.39, 0.29) is 5.56 Å². The van der Waals surface area contributed by atoms with Crippen LogP contribution in [0.2, 0.25) is 0 Å². The number of esters is 1. The maximum atomic E-state index is 11.6. The summed E-state index contributed by atoms with van der Waals surface area (Å²) in [6.07, 6.45) is 2.38. The molecule has 2 rings (SSSR count). The maximum absolute atomic E-state index is 11.6. The standard InChI is InChI=1S/C22H26O5/c1-6-19(23)27-21(3,4)14-22(5,7-2)26-18-11-10-15-12-17(20(24)25)9-8-16(15)13-18/h6,8-13H,1,7,14H2,2-5H3,(H,24,25). The minimum Gasteiger partial charge on any atom is -0.487 e. The van der Waals surface area contributed by atoms with Crippen molar-refractivity contribution in [1.29, 1.82) is 0 Å². The zero-order chi connectivity index (χ0) is 20.2. The van der Waals surface area contributed by atoms with E-state index in [1.165, 1.54) is 0 Å². The highest BCUT2D eigenvalue weighted by molar-refractivity contribution is 5.94. The molecule has 0 saturated heterocycles. The first kappa shape index (κ1) is 20.5. The molecule has 0 aliphatic heterocycles. The fourth-order valence-electron chi connectivity index (χ4n) is 3.19. The molecule has 5 nitrogen and oxygen atoms in total. The minimum absolute atomic E-state index is 0.250. The zero-order valence-corrected chi connectivity index (χ0v) is 16.2. The first-order chi connectivity index (χ1) is 12.6. The van der Waals surface area contributed by atoms with Gasteiger partial charge in [0, 0.05) is 12.5 Å². The maximum Gasteiger partial charge on any atom is 0.335 e. The molecule has 27 heavy (non-hydrogen) atoms. The molecule has 5 heteroatoms. The Morgan fingerprint density at radius 3 is 2.33 bits per heavy atom. The third-order valence-electron chi connectivity index (χ3n) is 4.51. The molecule has 1 atom stereocenters. The van der Waals surface area contributed by atoms with Gasteiger partial charge in [-0.15, -0.1) is 0 Å². The Bertz CT molecular complexity index is 868. The van der Waals surface area contributed by atoms with Crippen molar-refractivity contribution in [2.24, 2.45) is 0 Å². The predicted molar refractivity (Wildman–Crippen MR) is 105 cm³/mol. The largest absolute Gasteiger partial charge is 0.487 e. The SMILES string of the molecule is C=CC(=O)OC(C)(C)CC(C)(CC)Oc1ccc2cc(C(=O)O)ccc2c1. The molecule has 1 N–H and O–H groups in total. The second-order valence-corrected chi connectivity index (χ2v) is 7.50. The van der Waals surface area contributed by atoms with E-state index in [0.29, 0.717) is 12.2 Å². The summed E-state index contributed by atoms with van der Waals surface area (Å²) in [4.78, 5) is 22.7. The summed E-state index contributed by atoms with van der Waals surface area (Å²) in [6.45, 7) is 11.1. The van der Waals surface area contributed by atoms with Crippen LogP contribution in [0.15, 0.2) is 49.1 Å². The number of carboxylic acid groups (broad SMARTS) is 1. The van der Waals surface area contributed by atoms with Gasteiger partial charge in [0.15, 0.2) is 0 Å². The van der Waals surface area contributed by atoms with Gasteiger partial charge >= 0.3 is 11.9 Å². The van der Waals surface area contributed by atoms with Crippen LogP contribution in [0.4, 0.5) is 0 Å². The number of ether oxygens (including phenoxy) is 2. The predicted octanol–water partition coefficient (Wildman–Crippen LogP) is 4.98. The normalized spacial score (nSPS) is 13.6. The van der Waals surface area contributed by atoms with Crippen molar-refractivity contribution in [2.45, 2.75) is 51.7 Å². The summed E-state index contributed by atoms with van der Waals surface area (Å²) in [6, 6.07) is 10.5. The van der Waals surface area contributed by atoms with Crippen LogP contribution in [0, 0.1) is 0 Å². The number of carbonyl (C=O) groups excluding carboxylic acids is 1. The lowest BCUT2D eigenvalue weighted by Gasteiger charge is -2.36. The second-order valence-electron chi connectivity index (χ2n) is 7.50. The van der Waals surface area contributed by atoms with Crippen LogP contribution in [-0.4, -0.2) is 28.2 Å². The van der Waals surface area contributed by atoms with Crippen LogP contribution in [0.25, 0.3) is 10.8 Å². The van der Waals surface area contributed by atoms with Crippen molar-refractivity contribution in [1.82, 2.24) is 0 Å². The van der Waals surface area contributed by atoms with Gasteiger partial charge in [0.05, 0.1) is 5.56 Å². The zero-order valence-electron chi connectivity index (χ0n) is 16.2. The van der Waals surface area contributed by atoms with Crippen molar-refractivity contribution in [3.8, 4) is 5.75 Å². The fourth-order valence-corrected chi connectivity index (χ4v) is 3.19. The molecule has 0 aliphatic carbocycles. The van der Waals surface area contributed by atoms with Crippen LogP contribution < -0.4 is 4.74 Å². The highest BCUT2D eigenvalue weighted by Crippen LogP contribution is 2.32. The molecule has 0 saturated carbocycles. The van der Waals surface area contributed by atoms with Gasteiger partial charge in [-0.1, -0.05) is 25.6 Å². The molecule has 0 aromatic heterocycles. The summed E-state index contributed by atoms with van der Waals surface area (Å²) < 4.78 is 11.7. The first-order valence-corrected chi connectivity index (χ1v) is 8.89. The Kier molecular flexibility index (Phi) is 5.94. The van der Waals surface area contributed by atoms with Gasteiger partial charge in [0.2, 0.25) is 0 Å². The number of carboxylic acids is 1. The number of fused-ring (bicyclic) bond motifs is 1. The van der Waals surface area contributed by atoms with Crippen LogP contribution in [0.5, 0.6) is 5.75 Å². The number of hydrogen-bond donors (Lipinski definition) is 1. The van der Waals surface area contributed by atoms with E-state index >= 15 is 0 Å². The Morgan fingerprint density at radius 2 is 1.74 bits per heavy atom. The average Bonchev–Trinajstić information content (AvgIpc) is 2.60. The summed E-state index contributed by atoms with van der Waals surface area (Å²) >= 11 is 0. The molecule has 0 spiro atoms. The summed E-state index contributed by atoms with van der Waals surface area (Å²) in [5.74, 6) is -0.730. The third-order valence-corrected chi connectivity index (χ3v) is 4.51. The lowest BCUT2D eigenvalue weighted by molar-refractivity contribution is -0.154. The van der Waals surface area contributed by atoms with Crippen molar-refractivity contribution < 1.29 is 24.2 Å². The van der Waals surface area contributed by atoms with Crippen LogP contribution in [-0.2, 0) is 9.53 Å². The van der Waals surface area contributed by atoms with Gasteiger partial charge in [-0.3, -0.25) is 0 Å². The molecule has 0 fully saturated rings. The molecule has 0 heterocycles. The Balaban J connectivity index is 2.23. The molecule has 0 bridgehead atoms. The molecule has 2 aromatic carbocycles. The molecule has 0 amide bonds. The molecule has 0 radical (unpaired) electrons. The summed E-state index contributed by atoms with van der Waals surface area (Å²) in [5, 5.41) is 10.8. The molecule has 0 aliphatic rings. The number of benzene rings is 2. The van der Waals surface area contributed by atoms with Gasteiger partial charge in [-0.2, -0.15) is 0 Å². The van der Waals surface area contributed by atoms with Gasteiger partial charge < -0.3 is 14.6 Å². The Labute approximate surface area is 159 Å². The van der Waals surface area contributed by atoms with E-state index < -0.39 is 23.1 Å². The summed E-state index contributed by atoms with van der Waals surface area (Å²) in [5.41, 5.74) is -0.997. The van der Waals surface area contributed by atoms with E-state index in [9.17, 15) is 9.59 Å². The monoisotopic (exact) mass is 370 g/mol. The van der Waals surface area contributed by atoms with Gasteiger partial charge in [-0.05, 0) is 62.2 Å². The van der Waals surface area contributed by atoms with Crippen molar-refractivity contribution >= 4 is 22.7 Å². The Hall–Kier alpha value is -2.82. The lowest BCUT2D eigenvalue weighted by atomic mass is 9.88. The van der Waals surface area contributed by atoms with Crippen LogP contribution in [0.1, 0.15) is 50.9 Å². The van der Waals surface area contributed by atoms with Crippen molar-refractivity contribution in [3.05, 3.63) is 54.6 Å². The minimum atomic E-state index is -0.952. The topological polar surface area (TPSA) is 72.8 Å². The van der Waals surface area contributed by atoms with Crippen molar-refractivity contribution in [2.75, 3.05) is 0 Å². The van der Waals surface area contributed by atoms with Crippen LogP contribution in [0.3, 0.4) is 0 Å². The number of hydrogen-bond acceptors (Lipinski definition) is 4. The van der Waals surface area contributed by atoms with Gasteiger partial charge in [0.1, 0.15) is 17.0 Å². The smallest absolute Gasteiger partial charge is 0.335 e. The lowest BCUT2D eigenvalue weighted by Crippen LogP contribution is -2.42. The van der Waals surface area contributed by atoms with Crippen LogP contribution >= 0.6 is 0 Å². The third kappa shape index (κ3) is 5.33. The van der Waals surface area contributed by atoms with Crippen molar-refractivity contribution in [3.63, 3.8) is 0 Å². The molecule has 144 valence electrons. The molecular weight excluding hydrogens is 344 g/mol. The number of rotatable bonds is 8. The van der Waals surface area contributed by atoms with E-state index in [0.717, 1.165) is 23.3 Å². The molecule has 1 unspecified atom stereocenters. The highest BCUT2D eigenvalue weighted by atomic mass is 16.6. The quantitative estimate of drug-likeness (QED) is 0.524. The highest BCUT2D eigenvalue weighted by Gasteiger charge is 2.35. The van der Waals surface area contributed by atoms with E-state index in [4.69, 9.17) is 14.6 Å².